The highest BCUT2D eigenvalue weighted by molar-refractivity contribution is 7.93. The van der Waals surface area contributed by atoms with Gasteiger partial charge in [0, 0.05) is 0 Å². The number of rotatable bonds is 3. The minimum atomic E-state index is -4.13. The van der Waals surface area contributed by atoms with Gasteiger partial charge in [0.2, 0.25) is 0 Å². The fourth-order valence-corrected chi connectivity index (χ4v) is 1.50. The quantitative estimate of drug-likeness (QED) is 0.586. The molecule has 78 valence electrons. The summed E-state index contributed by atoms with van der Waals surface area (Å²) in [6.07, 6.45) is 0. The topological polar surface area (TPSA) is 91.4 Å². The molecular formula is C6H6ClN2O4S-. The summed E-state index contributed by atoms with van der Waals surface area (Å²) >= 11 is 0. The molecule has 1 rings (SSSR count). The predicted molar refractivity (Wildman–Crippen MR) is 51.2 cm³/mol. The molecule has 0 spiro atoms. The Kier molecular flexibility index (Phi) is 4.32. The Balaban J connectivity index is 0.00000169. The highest BCUT2D eigenvalue weighted by Gasteiger charge is 2.07. The molecule has 1 aromatic rings. The van der Waals surface area contributed by atoms with Crippen molar-refractivity contribution < 1.29 is 13.5 Å². The van der Waals surface area contributed by atoms with Crippen molar-refractivity contribution in [1.82, 2.24) is 0 Å². The number of halogens is 1. The lowest BCUT2D eigenvalue weighted by Crippen LogP contribution is -2.04. The van der Waals surface area contributed by atoms with E-state index in [0.29, 0.717) is 0 Å². The van der Waals surface area contributed by atoms with Crippen molar-refractivity contribution in [3.05, 3.63) is 45.3 Å². The van der Waals surface area contributed by atoms with Crippen molar-refractivity contribution in [2.75, 3.05) is 0 Å². The average molecular weight is 238 g/mol. The van der Waals surface area contributed by atoms with E-state index in [2.05, 4.69) is 4.83 Å². The van der Waals surface area contributed by atoms with Crippen LogP contribution in [-0.4, -0.2) is 13.5 Å². The molecule has 1 aromatic carbocycles. The van der Waals surface area contributed by atoms with Gasteiger partial charge in [0.1, 0.15) is 0 Å². The van der Waals surface area contributed by atoms with Crippen molar-refractivity contribution in [1.29, 1.82) is 0 Å². The Morgan fingerprint density at radius 2 is 1.71 bits per heavy atom. The second-order valence-corrected chi connectivity index (χ2v) is 3.69. The molecule has 0 aromatic heterocycles. The zero-order chi connectivity index (χ0) is 9.90. The lowest BCUT2D eigenvalue weighted by Gasteiger charge is -2.09. The maximum atomic E-state index is 11.0. The smallest absolute Gasteiger partial charge is 0.172 e. The van der Waals surface area contributed by atoms with E-state index in [1.807, 2.05) is 0 Å². The molecule has 0 radical (unpaired) electrons. The Labute approximate surface area is 86.5 Å². The second-order valence-electron chi connectivity index (χ2n) is 2.11. The molecule has 0 aliphatic rings. The number of hydrogen-bond acceptors (Lipinski definition) is 4. The van der Waals surface area contributed by atoms with Crippen LogP contribution in [0.15, 0.2) is 35.2 Å². The van der Waals surface area contributed by atoms with Gasteiger partial charge >= 0.3 is 0 Å². The van der Waals surface area contributed by atoms with E-state index in [0.717, 1.165) is 0 Å². The molecule has 0 saturated carbocycles. The first-order chi connectivity index (χ1) is 6.02. The van der Waals surface area contributed by atoms with E-state index in [1.165, 1.54) is 24.3 Å². The SMILES string of the molecule is Cl.O=[N+]([O-])[N-]S(=O)(=O)c1ccccc1. The summed E-state index contributed by atoms with van der Waals surface area (Å²) in [5.74, 6) is 0. The largest absolute Gasteiger partial charge is 0.268 e. The Morgan fingerprint density at radius 1 is 1.21 bits per heavy atom. The molecule has 0 bridgehead atoms. The lowest BCUT2D eigenvalue weighted by atomic mass is 10.4. The van der Waals surface area contributed by atoms with Crippen LogP contribution in [0, 0.1) is 10.1 Å². The molecule has 0 heterocycles. The van der Waals surface area contributed by atoms with Gasteiger partial charge in [0.25, 0.3) is 0 Å². The number of nitro groups is 1. The zero-order valence-electron chi connectivity index (χ0n) is 6.73. The first-order valence-corrected chi connectivity index (χ1v) is 4.64. The minimum Gasteiger partial charge on any atom is -0.268 e. The van der Waals surface area contributed by atoms with E-state index < -0.39 is 15.1 Å². The van der Waals surface area contributed by atoms with Gasteiger partial charge in [-0.15, -0.1) is 12.4 Å². The summed E-state index contributed by atoms with van der Waals surface area (Å²) in [6, 6.07) is 7.00. The summed E-state index contributed by atoms with van der Waals surface area (Å²) < 4.78 is 22.1. The van der Waals surface area contributed by atoms with Gasteiger partial charge in [-0.2, -0.15) is 0 Å². The first-order valence-electron chi connectivity index (χ1n) is 3.20. The van der Waals surface area contributed by atoms with E-state index >= 15 is 0 Å². The fraction of sp³-hybridized carbons (Fsp3) is 0. The molecule has 0 N–H and O–H groups in total. The molecule has 8 heteroatoms. The van der Waals surface area contributed by atoms with Crippen LogP contribution in [0.4, 0.5) is 0 Å². The molecule has 6 nitrogen and oxygen atoms in total. The maximum absolute atomic E-state index is 11.0. The van der Waals surface area contributed by atoms with Crippen molar-refractivity contribution >= 4 is 22.4 Å². The predicted octanol–water partition coefficient (Wildman–Crippen LogP) is 1.36. The number of sulfonamides is 1. The van der Waals surface area contributed by atoms with Crippen LogP contribution >= 0.6 is 12.4 Å². The maximum Gasteiger partial charge on any atom is 0.172 e. The van der Waals surface area contributed by atoms with Crippen molar-refractivity contribution in [2.24, 2.45) is 0 Å². The monoisotopic (exact) mass is 237 g/mol. The van der Waals surface area contributed by atoms with E-state index in [1.54, 1.807) is 6.07 Å². The van der Waals surface area contributed by atoms with Gasteiger partial charge in [-0.25, -0.2) is 8.42 Å². The molecular weight excluding hydrogens is 232 g/mol. The van der Waals surface area contributed by atoms with Gasteiger partial charge < -0.3 is 0 Å². The summed E-state index contributed by atoms with van der Waals surface area (Å²) in [6.45, 7) is 0. The van der Waals surface area contributed by atoms with Crippen LogP contribution in [0.1, 0.15) is 0 Å². The first kappa shape index (κ1) is 12.7. The number of benzene rings is 1. The Bertz CT molecular complexity index is 405. The zero-order valence-corrected chi connectivity index (χ0v) is 8.36. The minimum absolute atomic E-state index is 0. The molecule has 0 aliphatic carbocycles. The third-order valence-electron chi connectivity index (χ3n) is 1.22. The molecule has 14 heavy (non-hydrogen) atoms. The van der Waals surface area contributed by atoms with Gasteiger partial charge in [-0.1, -0.05) is 18.2 Å². The standard InChI is InChI=1S/C6H5N2O4S.ClH/c9-8(10)7-13(11,12)6-4-2-1-3-5-6;/h1-5H;1H/q-1;. The van der Waals surface area contributed by atoms with E-state index in [4.69, 9.17) is 0 Å². The summed E-state index contributed by atoms with van der Waals surface area (Å²) in [7, 11) is -4.13. The van der Waals surface area contributed by atoms with Crippen LogP contribution in [0.25, 0.3) is 4.83 Å². The third-order valence-corrected chi connectivity index (χ3v) is 2.43. The van der Waals surface area contributed by atoms with Crippen molar-refractivity contribution in [3.63, 3.8) is 0 Å². The Morgan fingerprint density at radius 3 is 2.14 bits per heavy atom. The van der Waals surface area contributed by atoms with Gasteiger partial charge in [0.05, 0.1) is 4.90 Å². The molecule has 0 unspecified atom stereocenters. The van der Waals surface area contributed by atoms with Crippen LogP contribution in [0.3, 0.4) is 0 Å². The molecule has 0 saturated heterocycles. The van der Waals surface area contributed by atoms with Crippen LogP contribution in [-0.2, 0) is 10.0 Å². The average Bonchev–Trinajstić information content (AvgIpc) is 2.04. The third kappa shape index (κ3) is 3.19. The Hall–Kier alpha value is -1.34. The highest BCUT2D eigenvalue weighted by Crippen LogP contribution is 2.15. The number of nitrogens with zero attached hydrogens (tertiary/aromatic N) is 2. The molecule has 0 amide bonds. The van der Waals surface area contributed by atoms with Crippen LogP contribution in [0.2, 0.25) is 0 Å². The van der Waals surface area contributed by atoms with Gasteiger partial charge in [-0.05, 0) is 17.2 Å². The lowest BCUT2D eigenvalue weighted by molar-refractivity contribution is -0.412. The molecule has 0 fully saturated rings. The van der Waals surface area contributed by atoms with Gasteiger partial charge in [-0.3, -0.25) is 14.9 Å². The summed E-state index contributed by atoms with van der Waals surface area (Å²) in [5.41, 5.74) is 0. The molecule has 0 atom stereocenters. The van der Waals surface area contributed by atoms with E-state index in [9.17, 15) is 18.5 Å². The molecule has 0 aliphatic heterocycles. The number of hydrogen-bond donors (Lipinski definition) is 0. The van der Waals surface area contributed by atoms with E-state index in [-0.39, 0.29) is 17.3 Å². The fourth-order valence-electron chi connectivity index (χ4n) is 0.727. The summed E-state index contributed by atoms with van der Waals surface area (Å²) in [4.78, 5) is 12.0. The van der Waals surface area contributed by atoms with Crippen molar-refractivity contribution in [2.45, 2.75) is 4.90 Å². The second kappa shape index (κ2) is 4.77. The van der Waals surface area contributed by atoms with Crippen LogP contribution in [0.5, 0.6) is 0 Å². The summed E-state index contributed by atoms with van der Waals surface area (Å²) in [5, 5.41) is 8.61. The van der Waals surface area contributed by atoms with Crippen LogP contribution < -0.4 is 0 Å². The van der Waals surface area contributed by atoms with Gasteiger partial charge in [0.15, 0.2) is 10.0 Å². The highest BCUT2D eigenvalue weighted by atomic mass is 35.5. The normalized spacial score (nSPS) is 10.0. The van der Waals surface area contributed by atoms with Crippen molar-refractivity contribution in [3.8, 4) is 0 Å².